The number of anilines is 3. The van der Waals surface area contributed by atoms with E-state index >= 15 is 0 Å². The normalized spacial score (nSPS) is 11.5. The van der Waals surface area contributed by atoms with Crippen molar-refractivity contribution in [1.82, 2.24) is 4.57 Å². The molecule has 13 rings (SSSR count). The summed E-state index contributed by atoms with van der Waals surface area (Å²) in [4.78, 5) is 2.37. The van der Waals surface area contributed by atoms with E-state index in [-0.39, 0.29) is 0 Å². The topological polar surface area (TPSA) is 21.3 Å². The van der Waals surface area contributed by atoms with Gasteiger partial charge in [0.25, 0.3) is 0 Å². The number of rotatable bonds is 9. The van der Waals surface area contributed by atoms with Gasteiger partial charge in [-0.15, -0.1) is 0 Å². The molecule has 0 aliphatic carbocycles. The predicted molar refractivity (Wildman–Crippen MR) is 290 cm³/mol. The minimum absolute atomic E-state index is 0.906. The number of para-hydroxylation sites is 4. The first-order valence-electron chi connectivity index (χ1n) is 23.6. The molecule has 2 aromatic heterocycles. The van der Waals surface area contributed by atoms with Crippen LogP contribution in [-0.4, -0.2) is 4.57 Å². The van der Waals surface area contributed by atoms with E-state index in [1.807, 2.05) is 12.1 Å². The van der Waals surface area contributed by atoms with Gasteiger partial charge in [0.1, 0.15) is 11.2 Å². The number of nitrogens with zero attached hydrogens (tertiary/aromatic N) is 2. The van der Waals surface area contributed by atoms with Gasteiger partial charge in [0, 0.05) is 44.2 Å². The fraction of sp³-hybridized carbons (Fsp3) is 0. The molecule has 0 spiro atoms. The lowest BCUT2D eigenvalue weighted by Gasteiger charge is -2.26. The van der Waals surface area contributed by atoms with Gasteiger partial charge in [-0.25, -0.2) is 0 Å². The Morgan fingerprint density at radius 2 is 0.710 bits per heavy atom. The van der Waals surface area contributed by atoms with E-state index < -0.39 is 0 Å². The highest BCUT2D eigenvalue weighted by molar-refractivity contribution is 6.12. The Bertz CT molecular complexity index is 3920. The fourth-order valence-corrected chi connectivity index (χ4v) is 10.3. The summed E-state index contributed by atoms with van der Waals surface area (Å²) >= 11 is 0. The van der Waals surface area contributed by atoms with E-state index in [0.29, 0.717) is 0 Å². The standard InChI is InChI=1S/C66H44N2O/c1-2-14-45(15-3-1)46-28-30-49(31-29-46)52-16-12-17-55(44-52)67(53-40-36-48(37-41-53)47-32-34-51(35-33-47)57-22-13-27-65-66(57)60-21-7-11-26-64(60)69-65)54-42-38-50(39-43-54)56-18-4-8-23-61(56)68-62-24-9-5-19-58(62)59-20-6-10-25-63(59)68/h1-44H. The number of benzene rings is 11. The molecule has 0 bridgehead atoms. The van der Waals surface area contributed by atoms with Crippen molar-refractivity contribution in [3.63, 3.8) is 0 Å². The van der Waals surface area contributed by atoms with Gasteiger partial charge in [0.05, 0.1) is 16.7 Å². The zero-order chi connectivity index (χ0) is 45.7. The Morgan fingerprint density at radius 1 is 0.275 bits per heavy atom. The molecule has 0 saturated carbocycles. The van der Waals surface area contributed by atoms with Gasteiger partial charge in [0.15, 0.2) is 0 Å². The summed E-state index contributed by atoms with van der Waals surface area (Å²) in [7, 11) is 0. The highest BCUT2D eigenvalue weighted by atomic mass is 16.3. The molecule has 0 radical (unpaired) electrons. The van der Waals surface area contributed by atoms with Crippen LogP contribution in [-0.2, 0) is 0 Å². The third-order valence-corrected chi connectivity index (χ3v) is 13.6. The van der Waals surface area contributed by atoms with Crippen LogP contribution in [0, 0.1) is 0 Å². The van der Waals surface area contributed by atoms with Gasteiger partial charge in [-0.05, 0) is 117 Å². The number of fused-ring (bicyclic) bond motifs is 6. The van der Waals surface area contributed by atoms with Crippen LogP contribution >= 0.6 is 0 Å². The Labute approximate surface area is 401 Å². The fourth-order valence-electron chi connectivity index (χ4n) is 10.3. The minimum atomic E-state index is 0.906. The molecule has 0 aliphatic heterocycles. The lowest BCUT2D eigenvalue weighted by molar-refractivity contribution is 0.669. The molecular formula is C66H44N2O. The van der Waals surface area contributed by atoms with Crippen LogP contribution < -0.4 is 4.90 Å². The second kappa shape index (κ2) is 16.9. The van der Waals surface area contributed by atoms with Crippen molar-refractivity contribution in [2.45, 2.75) is 0 Å². The third-order valence-electron chi connectivity index (χ3n) is 13.6. The molecule has 0 N–H and O–H groups in total. The first-order valence-corrected chi connectivity index (χ1v) is 23.6. The first kappa shape index (κ1) is 40.1. The average Bonchev–Trinajstić information content (AvgIpc) is 3.98. The van der Waals surface area contributed by atoms with Crippen LogP contribution in [0.5, 0.6) is 0 Å². The SMILES string of the molecule is c1ccc(-c2ccc(-c3cccc(N(c4ccc(-c5ccc(-c6cccc7oc8ccccc8c67)cc5)cc4)c4ccc(-c5ccccc5-n5c6ccccc6c6ccccc65)cc4)c3)cc2)cc1. The number of furan rings is 1. The first-order chi connectivity index (χ1) is 34.2. The summed E-state index contributed by atoms with van der Waals surface area (Å²) in [6.07, 6.45) is 0. The van der Waals surface area contributed by atoms with Crippen molar-refractivity contribution in [3.8, 4) is 61.3 Å². The third kappa shape index (κ3) is 7.16. The lowest BCUT2D eigenvalue weighted by atomic mass is 9.97. The molecule has 69 heavy (non-hydrogen) atoms. The van der Waals surface area contributed by atoms with Crippen LogP contribution in [0.2, 0.25) is 0 Å². The van der Waals surface area contributed by atoms with Crippen molar-refractivity contribution in [2.75, 3.05) is 4.90 Å². The predicted octanol–water partition coefficient (Wildman–Crippen LogP) is 18.5. The van der Waals surface area contributed by atoms with Gasteiger partial charge in [-0.3, -0.25) is 0 Å². The second-order valence-corrected chi connectivity index (χ2v) is 17.7. The molecular weight excluding hydrogens is 837 g/mol. The minimum Gasteiger partial charge on any atom is -0.456 e. The molecule has 3 heteroatoms. The van der Waals surface area contributed by atoms with Gasteiger partial charge in [0.2, 0.25) is 0 Å². The molecule has 0 fully saturated rings. The van der Waals surface area contributed by atoms with Crippen LogP contribution in [0.1, 0.15) is 0 Å². The molecule has 0 aliphatic rings. The van der Waals surface area contributed by atoms with E-state index in [0.717, 1.165) is 72.5 Å². The average molecular weight is 881 g/mol. The monoisotopic (exact) mass is 880 g/mol. The van der Waals surface area contributed by atoms with E-state index in [1.54, 1.807) is 0 Å². The quantitative estimate of drug-likeness (QED) is 0.144. The van der Waals surface area contributed by atoms with Crippen LogP contribution in [0.25, 0.3) is 105 Å². The van der Waals surface area contributed by atoms with E-state index in [4.69, 9.17) is 4.42 Å². The highest BCUT2D eigenvalue weighted by Crippen LogP contribution is 2.42. The number of hydrogen-bond donors (Lipinski definition) is 0. The summed E-state index contributed by atoms with van der Waals surface area (Å²) in [5.41, 5.74) is 20.3. The molecule has 0 saturated heterocycles. The molecule has 11 aromatic carbocycles. The maximum Gasteiger partial charge on any atom is 0.136 e. The lowest BCUT2D eigenvalue weighted by Crippen LogP contribution is -2.10. The Morgan fingerprint density at radius 3 is 1.38 bits per heavy atom. The summed E-state index contributed by atoms with van der Waals surface area (Å²) in [6.45, 7) is 0. The smallest absolute Gasteiger partial charge is 0.136 e. The van der Waals surface area contributed by atoms with Crippen molar-refractivity contribution >= 4 is 60.8 Å². The summed E-state index contributed by atoms with van der Waals surface area (Å²) in [5, 5.41) is 4.79. The summed E-state index contributed by atoms with van der Waals surface area (Å²) < 4.78 is 8.63. The van der Waals surface area contributed by atoms with Crippen molar-refractivity contribution in [2.24, 2.45) is 0 Å². The molecule has 0 amide bonds. The van der Waals surface area contributed by atoms with Gasteiger partial charge in [-0.2, -0.15) is 0 Å². The van der Waals surface area contributed by atoms with Gasteiger partial charge >= 0.3 is 0 Å². The summed E-state index contributed by atoms with van der Waals surface area (Å²) in [6, 6.07) is 96.1. The van der Waals surface area contributed by atoms with E-state index in [9.17, 15) is 0 Å². The Hall–Kier alpha value is -9.18. The second-order valence-electron chi connectivity index (χ2n) is 17.7. The zero-order valence-corrected chi connectivity index (χ0v) is 37.7. The maximum absolute atomic E-state index is 6.22. The molecule has 324 valence electrons. The Balaban J connectivity index is 0.870. The van der Waals surface area contributed by atoms with Crippen LogP contribution in [0.4, 0.5) is 17.1 Å². The van der Waals surface area contributed by atoms with Gasteiger partial charge in [-0.1, -0.05) is 200 Å². The summed E-state index contributed by atoms with van der Waals surface area (Å²) in [5.74, 6) is 0. The Kier molecular flexibility index (Phi) is 9.84. The van der Waals surface area contributed by atoms with Crippen molar-refractivity contribution in [1.29, 1.82) is 0 Å². The van der Waals surface area contributed by atoms with Crippen LogP contribution in [0.15, 0.2) is 271 Å². The van der Waals surface area contributed by atoms with Crippen molar-refractivity contribution in [3.05, 3.63) is 267 Å². The van der Waals surface area contributed by atoms with E-state index in [1.165, 1.54) is 49.6 Å². The zero-order valence-electron chi connectivity index (χ0n) is 37.7. The number of hydrogen-bond acceptors (Lipinski definition) is 2. The molecule has 0 unspecified atom stereocenters. The highest BCUT2D eigenvalue weighted by Gasteiger charge is 2.18. The van der Waals surface area contributed by atoms with Crippen LogP contribution in [0.3, 0.4) is 0 Å². The van der Waals surface area contributed by atoms with Crippen molar-refractivity contribution < 1.29 is 4.42 Å². The molecule has 2 heterocycles. The molecule has 13 aromatic rings. The molecule has 0 atom stereocenters. The van der Waals surface area contributed by atoms with E-state index in [2.05, 4.69) is 264 Å². The van der Waals surface area contributed by atoms with Gasteiger partial charge < -0.3 is 13.9 Å². The number of aromatic nitrogens is 1. The molecule has 3 nitrogen and oxygen atoms in total. The largest absolute Gasteiger partial charge is 0.456 e. The maximum atomic E-state index is 6.22.